The zero-order valence-corrected chi connectivity index (χ0v) is 13.5. The fraction of sp³-hybridized carbons (Fsp3) is 0.125. The van der Waals surface area contributed by atoms with Crippen molar-refractivity contribution in [2.24, 2.45) is 0 Å². The van der Waals surface area contributed by atoms with E-state index in [2.05, 4.69) is 21.2 Å². The summed E-state index contributed by atoms with van der Waals surface area (Å²) in [4.78, 5) is 0. The minimum absolute atomic E-state index is 0.0231. The SMILES string of the molecule is CC(Nc1ccc(C#N)c(C#N)c1)c1ccc(Br)cc1Cl. The second kappa shape index (κ2) is 6.63. The third kappa shape index (κ3) is 3.55. The van der Waals surface area contributed by atoms with E-state index in [9.17, 15) is 0 Å². The van der Waals surface area contributed by atoms with E-state index in [-0.39, 0.29) is 6.04 Å². The van der Waals surface area contributed by atoms with E-state index in [4.69, 9.17) is 22.1 Å². The number of nitriles is 2. The molecule has 3 nitrogen and oxygen atoms in total. The van der Waals surface area contributed by atoms with Gasteiger partial charge in [0, 0.05) is 21.2 Å². The Kier molecular flexibility index (Phi) is 4.85. The first-order chi connectivity index (χ1) is 10.0. The number of hydrogen-bond donors (Lipinski definition) is 1. The van der Waals surface area contributed by atoms with Crippen molar-refractivity contribution in [1.29, 1.82) is 10.5 Å². The first-order valence-corrected chi connectivity index (χ1v) is 7.38. The summed E-state index contributed by atoms with van der Waals surface area (Å²) in [6.07, 6.45) is 0. The van der Waals surface area contributed by atoms with E-state index in [0.717, 1.165) is 15.7 Å². The Balaban J connectivity index is 2.26. The third-order valence-corrected chi connectivity index (χ3v) is 3.89. The van der Waals surface area contributed by atoms with Gasteiger partial charge in [-0.2, -0.15) is 10.5 Å². The standard InChI is InChI=1S/C16H11BrClN3/c1-10(15-5-3-13(17)7-16(15)18)21-14-4-2-11(8-19)12(6-14)9-20/h2-7,10,21H,1H3. The summed E-state index contributed by atoms with van der Waals surface area (Å²) < 4.78 is 0.925. The topological polar surface area (TPSA) is 59.6 Å². The number of halogens is 2. The lowest BCUT2D eigenvalue weighted by molar-refractivity contribution is 0.884. The quantitative estimate of drug-likeness (QED) is 0.836. The minimum atomic E-state index is -0.0231. The van der Waals surface area contributed by atoms with Gasteiger partial charge in [0.05, 0.1) is 11.1 Å². The minimum Gasteiger partial charge on any atom is -0.378 e. The predicted molar refractivity (Wildman–Crippen MR) is 87.1 cm³/mol. The molecule has 1 N–H and O–H groups in total. The van der Waals surface area contributed by atoms with Crippen molar-refractivity contribution in [3.63, 3.8) is 0 Å². The van der Waals surface area contributed by atoms with Gasteiger partial charge >= 0.3 is 0 Å². The van der Waals surface area contributed by atoms with Gasteiger partial charge in [0.25, 0.3) is 0 Å². The maximum absolute atomic E-state index is 9.04. The molecule has 0 aromatic heterocycles. The lowest BCUT2D eigenvalue weighted by atomic mass is 10.1. The summed E-state index contributed by atoms with van der Waals surface area (Å²) in [7, 11) is 0. The molecule has 0 aliphatic rings. The Morgan fingerprint density at radius 3 is 2.43 bits per heavy atom. The van der Waals surface area contributed by atoms with E-state index in [1.54, 1.807) is 18.2 Å². The molecule has 0 radical (unpaired) electrons. The molecule has 1 atom stereocenters. The van der Waals surface area contributed by atoms with Gasteiger partial charge in [0.15, 0.2) is 0 Å². The van der Waals surface area contributed by atoms with E-state index >= 15 is 0 Å². The maximum atomic E-state index is 9.04. The van der Waals surface area contributed by atoms with Crippen molar-refractivity contribution in [2.75, 3.05) is 5.32 Å². The van der Waals surface area contributed by atoms with Crippen molar-refractivity contribution >= 4 is 33.2 Å². The zero-order chi connectivity index (χ0) is 15.4. The van der Waals surface area contributed by atoms with E-state index in [0.29, 0.717) is 16.1 Å². The maximum Gasteiger partial charge on any atom is 0.101 e. The molecule has 2 aromatic carbocycles. The van der Waals surface area contributed by atoms with Crippen LogP contribution in [0.25, 0.3) is 0 Å². The van der Waals surface area contributed by atoms with Crippen molar-refractivity contribution in [1.82, 2.24) is 0 Å². The van der Waals surface area contributed by atoms with Crippen LogP contribution in [-0.2, 0) is 0 Å². The van der Waals surface area contributed by atoms with Gasteiger partial charge in [-0.05, 0) is 42.8 Å². The van der Waals surface area contributed by atoms with Crippen LogP contribution in [-0.4, -0.2) is 0 Å². The Hall–Kier alpha value is -2.01. The predicted octanol–water partition coefficient (Wildman–Crippen LogP) is 5.02. The highest BCUT2D eigenvalue weighted by atomic mass is 79.9. The van der Waals surface area contributed by atoms with Gasteiger partial charge in [0.2, 0.25) is 0 Å². The van der Waals surface area contributed by atoms with Crippen LogP contribution < -0.4 is 5.32 Å². The van der Waals surface area contributed by atoms with Crippen LogP contribution in [0.2, 0.25) is 5.02 Å². The molecule has 2 rings (SSSR count). The largest absolute Gasteiger partial charge is 0.378 e. The fourth-order valence-electron chi connectivity index (χ4n) is 2.00. The van der Waals surface area contributed by atoms with E-state index in [1.165, 1.54) is 0 Å². The van der Waals surface area contributed by atoms with Gasteiger partial charge in [0.1, 0.15) is 12.1 Å². The average Bonchev–Trinajstić information content (AvgIpc) is 2.46. The fourth-order valence-corrected chi connectivity index (χ4v) is 2.84. The molecule has 0 spiro atoms. The molecule has 2 aromatic rings. The van der Waals surface area contributed by atoms with Crippen LogP contribution in [0.5, 0.6) is 0 Å². The summed E-state index contributed by atoms with van der Waals surface area (Å²) in [6.45, 7) is 1.99. The van der Waals surface area contributed by atoms with Gasteiger partial charge in [-0.25, -0.2) is 0 Å². The number of anilines is 1. The second-order valence-electron chi connectivity index (χ2n) is 4.52. The van der Waals surface area contributed by atoms with Crippen molar-refractivity contribution in [3.05, 3.63) is 62.6 Å². The lowest BCUT2D eigenvalue weighted by Gasteiger charge is -2.17. The third-order valence-electron chi connectivity index (χ3n) is 3.07. The highest BCUT2D eigenvalue weighted by Gasteiger charge is 2.11. The van der Waals surface area contributed by atoms with E-state index < -0.39 is 0 Å². The van der Waals surface area contributed by atoms with Gasteiger partial charge in [-0.1, -0.05) is 33.6 Å². The molecule has 0 fully saturated rings. The highest BCUT2D eigenvalue weighted by molar-refractivity contribution is 9.10. The molecule has 1 unspecified atom stereocenters. The van der Waals surface area contributed by atoms with Crippen molar-refractivity contribution < 1.29 is 0 Å². The Morgan fingerprint density at radius 2 is 1.81 bits per heavy atom. The number of benzene rings is 2. The molecular weight excluding hydrogens is 350 g/mol. The van der Waals surface area contributed by atoms with Crippen LogP contribution in [0.3, 0.4) is 0 Å². The summed E-state index contributed by atoms with van der Waals surface area (Å²) in [5.41, 5.74) is 2.47. The number of nitrogens with zero attached hydrogens (tertiary/aromatic N) is 2. The Morgan fingerprint density at radius 1 is 1.10 bits per heavy atom. The van der Waals surface area contributed by atoms with Gasteiger partial charge in [-0.3, -0.25) is 0 Å². The van der Waals surface area contributed by atoms with Crippen LogP contribution in [0.1, 0.15) is 29.7 Å². The van der Waals surface area contributed by atoms with Crippen molar-refractivity contribution in [3.8, 4) is 12.1 Å². The van der Waals surface area contributed by atoms with Crippen LogP contribution in [0.4, 0.5) is 5.69 Å². The molecule has 0 aliphatic carbocycles. The number of nitrogens with one attached hydrogen (secondary N) is 1. The summed E-state index contributed by atoms with van der Waals surface area (Å²) >= 11 is 9.61. The smallest absolute Gasteiger partial charge is 0.101 e. The van der Waals surface area contributed by atoms with Crippen LogP contribution >= 0.6 is 27.5 Å². The molecular formula is C16H11BrClN3. The van der Waals surface area contributed by atoms with E-state index in [1.807, 2.05) is 37.3 Å². The Labute approximate surface area is 136 Å². The first-order valence-electron chi connectivity index (χ1n) is 6.21. The molecule has 0 amide bonds. The summed E-state index contributed by atoms with van der Waals surface area (Å²) in [5, 5.41) is 21.9. The Bertz CT molecular complexity index is 759. The molecule has 21 heavy (non-hydrogen) atoms. The summed E-state index contributed by atoms with van der Waals surface area (Å²) in [6, 6.07) is 14.8. The first kappa shape index (κ1) is 15.4. The van der Waals surface area contributed by atoms with Gasteiger partial charge < -0.3 is 5.32 Å². The molecule has 0 saturated heterocycles. The zero-order valence-electron chi connectivity index (χ0n) is 11.2. The second-order valence-corrected chi connectivity index (χ2v) is 5.84. The molecule has 0 aliphatic heterocycles. The van der Waals surface area contributed by atoms with Gasteiger partial charge in [-0.15, -0.1) is 0 Å². The summed E-state index contributed by atoms with van der Waals surface area (Å²) in [5.74, 6) is 0. The molecule has 0 bridgehead atoms. The monoisotopic (exact) mass is 359 g/mol. The van der Waals surface area contributed by atoms with Crippen LogP contribution in [0.15, 0.2) is 40.9 Å². The average molecular weight is 361 g/mol. The lowest BCUT2D eigenvalue weighted by Crippen LogP contribution is -2.07. The normalized spacial score (nSPS) is 11.3. The molecule has 5 heteroatoms. The van der Waals surface area contributed by atoms with Crippen LogP contribution in [0, 0.1) is 22.7 Å². The highest BCUT2D eigenvalue weighted by Crippen LogP contribution is 2.29. The number of rotatable bonds is 3. The number of hydrogen-bond acceptors (Lipinski definition) is 3. The van der Waals surface area contributed by atoms with Crippen molar-refractivity contribution in [2.45, 2.75) is 13.0 Å². The molecule has 104 valence electrons. The molecule has 0 saturated carbocycles. The molecule has 0 heterocycles.